The van der Waals surface area contributed by atoms with Gasteiger partial charge in [-0.25, -0.2) is 0 Å². The summed E-state index contributed by atoms with van der Waals surface area (Å²) in [7, 11) is 0. The van der Waals surface area contributed by atoms with Gasteiger partial charge in [-0.2, -0.15) is 0 Å². The average Bonchev–Trinajstić information content (AvgIpc) is 2.18. The molecule has 0 aliphatic carbocycles. The number of halogens is 1. The molecule has 0 N–H and O–H groups in total. The Kier molecular flexibility index (Phi) is 4.63. The summed E-state index contributed by atoms with van der Waals surface area (Å²) in [5.74, 6) is 0.0315. The van der Waals surface area contributed by atoms with Crippen LogP contribution in [0.5, 0.6) is 0 Å². The molecule has 0 saturated heterocycles. The normalized spacial score (nSPS) is 10.1. The minimum Gasteiger partial charge on any atom is -0.381 e. The van der Waals surface area contributed by atoms with E-state index in [1.807, 2.05) is 13.0 Å². The van der Waals surface area contributed by atoms with E-state index in [1.54, 1.807) is 18.2 Å². The predicted molar refractivity (Wildman–Crippen MR) is 56.9 cm³/mol. The first-order chi connectivity index (χ1) is 6.75. The van der Waals surface area contributed by atoms with Crippen molar-refractivity contribution in [1.29, 1.82) is 0 Å². The Bertz CT molecular complexity index is 310. The molecule has 76 valence electrons. The summed E-state index contributed by atoms with van der Waals surface area (Å²) in [6, 6.07) is 7.06. The molecule has 1 rings (SSSR count). The van der Waals surface area contributed by atoms with Crippen LogP contribution in [0.2, 0.25) is 5.02 Å². The maximum Gasteiger partial charge on any atom is 0.166 e. The molecule has 0 bridgehead atoms. The van der Waals surface area contributed by atoms with Crippen molar-refractivity contribution in [3.8, 4) is 0 Å². The lowest BCUT2D eigenvalue weighted by molar-refractivity contribution is 0.0896. The quantitative estimate of drug-likeness (QED) is 0.554. The third kappa shape index (κ3) is 3.13. The van der Waals surface area contributed by atoms with Crippen molar-refractivity contribution >= 4 is 17.4 Å². The molecule has 0 unspecified atom stereocenters. The Morgan fingerprint density at radius 2 is 2.14 bits per heavy atom. The van der Waals surface area contributed by atoms with Crippen LogP contribution in [0.4, 0.5) is 0 Å². The Morgan fingerprint density at radius 1 is 1.43 bits per heavy atom. The molecule has 0 aromatic heterocycles. The Labute approximate surface area is 88.8 Å². The largest absolute Gasteiger partial charge is 0.381 e. The van der Waals surface area contributed by atoms with Gasteiger partial charge in [0.1, 0.15) is 0 Å². The first-order valence-corrected chi connectivity index (χ1v) is 4.99. The fourth-order valence-electron chi connectivity index (χ4n) is 1.13. The molecule has 1 aromatic carbocycles. The first kappa shape index (κ1) is 11.2. The lowest BCUT2D eigenvalue weighted by atomic mass is 10.1. The van der Waals surface area contributed by atoms with E-state index in [9.17, 15) is 4.79 Å². The number of hydrogen-bond acceptors (Lipinski definition) is 2. The summed E-state index contributed by atoms with van der Waals surface area (Å²) >= 11 is 5.87. The second-order valence-electron chi connectivity index (χ2n) is 2.85. The summed E-state index contributed by atoms with van der Waals surface area (Å²) in [4.78, 5) is 11.6. The Morgan fingerprint density at radius 3 is 2.79 bits per heavy atom. The van der Waals surface area contributed by atoms with Crippen LogP contribution in [-0.2, 0) is 4.74 Å². The van der Waals surface area contributed by atoms with Crippen LogP contribution in [0.15, 0.2) is 24.3 Å². The molecule has 0 saturated carbocycles. The highest BCUT2D eigenvalue weighted by Crippen LogP contribution is 2.16. The molecule has 0 aliphatic heterocycles. The topological polar surface area (TPSA) is 26.3 Å². The highest BCUT2D eigenvalue weighted by molar-refractivity contribution is 6.33. The van der Waals surface area contributed by atoms with E-state index in [0.717, 1.165) is 0 Å². The Hall–Kier alpha value is -0.860. The molecule has 0 radical (unpaired) electrons. The van der Waals surface area contributed by atoms with E-state index < -0.39 is 0 Å². The summed E-state index contributed by atoms with van der Waals surface area (Å²) in [6.07, 6.45) is 0.386. The minimum absolute atomic E-state index is 0.0315. The number of carbonyl (C=O) groups excluding carboxylic acids is 1. The van der Waals surface area contributed by atoms with Gasteiger partial charge in [0.25, 0.3) is 0 Å². The van der Waals surface area contributed by atoms with Crippen molar-refractivity contribution < 1.29 is 9.53 Å². The van der Waals surface area contributed by atoms with E-state index in [-0.39, 0.29) is 5.78 Å². The molecule has 14 heavy (non-hydrogen) atoms. The minimum atomic E-state index is 0.0315. The highest BCUT2D eigenvalue weighted by atomic mass is 35.5. The lowest BCUT2D eigenvalue weighted by Crippen LogP contribution is -2.05. The number of benzene rings is 1. The monoisotopic (exact) mass is 212 g/mol. The number of ketones is 1. The molecular formula is C11H13ClO2. The van der Waals surface area contributed by atoms with Crippen molar-refractivity contribution in [1.82, 2.24) is 0 Å². The second kappa shape index (κ2) is 5.78. The zero-order chi connectivity index (χ0) is 10.4. The van der Waals surface area contributed by atoms with E-state index in [2.05, 4.69) is 0 Å². The van der Waals surface area contributed by atoms with Gasteiger partial charge < -0.3 is 4.74 Å². The fraction of sp³-hybridized carbons (Fsp3) is 0.364. The maximum atomic E-state index is 11.6. The summed E-state index contributed by atoms with van der Waals surface area (Å²) in [5, 5.41) is 0.508. The molecular weight excluding hydrogens is 200 g/mol. The van der Waals surface area contributed by atoms with Gasteiger partial charge in [-0.15, -0.1) is 0 Å². The molecule has 0 atom stereocenters. The van der Waals surface area contributed by atoms with Crippen molar-refractivity contribution in [2.24, 2.45) is 0 Å². The molecule has 0 amide bonds. The third-order valence-corrected chi connectivity index (χ3v) is 2.18. The van der Waals surface area contributed by atoms with Crippen LogP contribution in [-0.4, -0.2) is 19.0 Å². The summed E-state index contributed by atoms with van der Waals surface area (Å²) in [6.45, 7) is 3.00. The van der Waals surface area contributed by atoms with Gasteiger partial charge >= 0.3 is 0 Å². The molecule has 2 nitrogen and oxygen atoms in total. The smallest absolute Gasteiger partial charge is 0.166 e. The zero-order valence-electron chi connectivity index (χ0n) is 8.13. The van der Waals surface area contributed by atoms with Crippen molar-refractivity contribution in [2.45, 2.75) is 13.3 Å². The molecule has 0 spiro atoms. The highest BCUT2D eigenvalue weighted by Gasteiger charge is 2.08. The number of ether oxygens (including phenoxy) is 1. The van der Waals surface area contributed by atoms with Crippen LogP contribution in [0.3, 0.4) is 0 Å². The van der Waals surface area contributed by atoms with E-state index in [4.69, 9.17) is 16.3 Å². The van der Waals surface area contributed by atoms with Gasteiger partial charge in [0, 0.05) is 18.6 Å². The van der Waals surface area contributed by atoms with Crippen molar-refractivity contribution in [3.63, 3.8) is 0 Å². The van der Waals surface area contributed by atoms with Gasteiger partial charge in [0.05, 0.1) is 11.6 Å². The fourth-order valence-corrected chi connectivity index (χ4v) is 1.37. The molecule has 0 fully saturated rings. The van der Waals surface area contributed by atoms with Crippen LogP contribution in [0.1, 0.15) is 23.7 Å². The van der Waals surface area contributed by atoms with Crippen molar-refractivity contribution in [3.05, 3.63) is 34.9 Å². The van der Waals surface area contributed by atoms with E-state index in [0.29, 0.717) is 30.2 Å². The Balaban J connectivity index is 2.56. The zero-order valence-corrected chi connectivity index (χ0v) is 8.88. The van der Waals surface area contributed by atoms with Crippen molar-refractivity contribution in [2.75, 3.05) is 13.2 Å². The molecule has 0 aliphatic rings. The van der Waals surface area contributed by atoms with Crippen LogP contribution in [0.25, 0.3) is 0 Å². The third-order valence-electron chi connectivity index (χ3n) is 1.85. The van der Waals surface area contributed by atoms with E-state index >= 15 is 0 Å². The second-order valence-corrected chi connectivity index (χ2v) is 3.26. The number of Topliss-reactive ketones (excluding diaryl/α,β-unsaturated/α-hetero) is 1. The number of hydrogen-bond donors (Lipinski definition) is 0. The molecule has 3 heteroatoms. The summed E-state index contributed by atoms with van der Waals surface area (Å²) in [5.41, 5.74) is 0.578. The van der Waals surface area contributed by atoms with Crippen LogP contribution >= 0.6 is 11.6 Å². The number of rotatable bonds is 5. The maximum absolute atomic E-state index is 11.6. The average molecular weight is 213 g/mol. The van der Waals surface area contributed by atoms with Gasteiger partial charge in [-0.05, 0) is 19.1 Å². The lowest BCUT2D eigenvalue weighted by Gasteiger charge is -2.02. The van der Waals surface area contributed by atoms with Crippen LogP contribution in [0, 0.1) is 0 Å². The van der Waals surface area contributed by atoms with Gasteiger partial charge in [-0.1, -0.05) is 23.7 Å². The summed E-state index contributed by atoms with van der Waals surface area (Å²) < 4.78 is 5.10. The standard InChI is InChI=1S/C11H13ClO2/c1-2-14-8-7-11(13)9-5-3-4-6-10(9)12/h3-6H,2,7-8H2,1H3. The SMILES string of the molecule is CCOCCC(=O)c1ccccc1Cl. The van der Waals surface area contributed by atoms with Gasteiger partial charge in [0.2, 0.25) is 0 Å². The molecule has 0 heterocycles. The first-order valence-electron chi connectivity index (χ1n) is 4.61. The predicted octanol–water partition coefficient (Wildman–Crippen LogP) is 2.95. The van der Waals surface area contributed by atoms with Gasteiger partial charge in [0.15, 0.2) is 5.78 Å². The van der Waals surface area contributed by atoms with Crippen LogP contribution < -0.4 is 0 Å². The number of carbonyl (C=O) groups is 1. The molecule has 1 aromatic rings. The van der Waals surface area contributed by atoms with Gasteiger partial charge in [-0.3, -0.25) is 4.79 Å². The van der Waals surface area contributed by atoms with E-state index in [1.165, 1.54) is 0 Å².